The lowest BCUT2D eigenvalue weighted by Gasteiger charge is -2.26. The quantitative estimate of drug-likeness (QED) is 0.853. The lowest BCUT2D eigenvalue weighted by molar-refractivity contribution is 0.184. The second kappa shape index (κ2) is 7.43. The number of hydrogen-bond acceptors (Lipinski definition) is 3. The average Bonchev–Trinajstić information content (AvgIpc) is 2.57. The van der Waals surface area contributed by atoms with Crippen LogP contribution < -0.4 is 4.74 Å². The summed E-state index contributed by atoms with van der Waals surface area (Å²) in [5.41, 5.74) is 2.11. The van der Waals surface area contributed by atoms with Crippen molar-refractivity contribution in [2.24, 2.45) is 0 Å². The smallest absolute Gasteiger partial charge is 0.130 e. The summed E-state index contributed by atoms with van der Waals surface area (Å²) in [6.07, 6.45) is 3.97. The van der Waals surface area contributed by atoms with Crippen molar-refractivity contribution < 1.29 is 9.84 Å². The minimum Gasteiger partial charge on any atom is -0.508 e. The second-order valence-corrected chi connectivity index (χ2v) is 7.25. The Morgan fingerprint density at radius 2 is 1.88 bits per heavy atom. The highest BCUT2D eigenvalue weighted by molar-refractivity contribution is 5.91. The summed E-state index contributed by atoms with van der Waals surface area (Å²) in [7, 11) is 0. The van der Waals surface area contributed by atoms with Crippen LogP contribution in [0.15, 0.2) is 24.3 Å². The molecule has 1 aliphatic heterocycles. The van der Waals surface area contributed by atoms with Crippen molar-refractivity contribution in [3.8, 4) is 11.5 Å². The van der Waals surface area contributed by atoms with Gasteiger partial charge in [0, 0.05) is 11.9 Å². The van der Waals surface area contributed by atoms with Crippen LogP contribution in [-0.4, -0.2) is 36.2 Å². The van der Waals surface area contributed by atoms with Gasteiger partial charge in [0.25, 0.3) is 0 Å². The van der Waals surface area contributed by atoms with Gasteiger partial charge in [-0.1, -0.05) is 32.4 Å². The first kappa shape index (κ1) is 17.1. The third kappa shape index (κ3) is 3.67. The molecule has 0 atom stereocenters. The first-order valence-electron chi connectivity index (χ1n) is 9.17. The van der Waals surface area contributed by atoms with E-state index in [1.807, 2.05) is 6.07 Å². The molecule has 1 heterocycles. The van der Waals surface area contributed by atoms with Gasteiger partial charge in [-0.3, -0.25) is 4.90 Å². The lowest BCUT2D eigenvalue weighted by atomic mass is 9.96. The van der Waals surface area contributed by atoms with Crippen LogP contribution in [0.4, 0.5) is 0 Å². The monoisotopic (exact) mass is 327 g/mol. The Balaban J connectivity index is 1.81. The molecule has 3 rings (SSSR count). The SMILES string of the molecule is Cc1ccc2cc(C(C)C)c(O)cc2c1OCCN1CCCCC1. The summed E-state index contributed by atoms with van der Waals surface area (Å²) in [5, 5.41) is 12.5. The predicted molar refractivity (Wildman–Crippen MR) is 100 cm³/mol. The molecule has 0 aromatic heterocycles. The Morgan fingerprint density at radius 3 is 2.58 bits per heavy atom. The van der Waals surface area contributed by atoms with E-state index in [0.29, 0.717) is 18.3 Å². The number of hydrogen-bond donors (Lipinski definition) is 1. The normalized spacial score (nSPS) is 16.0. The molecule has 0 radical (unpaired) electrons. The van der Waals surface area contributed by atoms with Gasteiger partial charge in [-0.2, -0.15) is 0 Å². The molecule has 1 saturated heterocycles. The summed E-state index contributed by atoms with van der Waals surface area (Å²) >= 11 is 0. The van der Waals surface area contributed by atoms with Crippen molar-refractivity contribution in [2.45, 2.75) is 46.0 Å². The maximum absolute atomic E-state index is 10.4. The van der Waals surface area contributed by atoms with Crippen molar-refractivity contribution in [3.63, 3.8) is 0 Å². The number of nitrogens with zero attached hydrogens (tertiary/aromatic N) is 1. The molecule has 0 amide bonds. The van der Waals surface area contributed by atoms with Gasteiger partial charge < -0.3 is 9.84 Å². The molecule has 0 aliphatic carbocycles. The van der Waals surface area contributed by atoms with E-state index < -0.39 is 0 Å². The number of ether oxygens (including phenoxy) is 1. The number of aryl methyl sites for hydroxylation is 1. The second-order valence-electron chi connectivity index (χ2n) is 7.25. The number of phenols is 1. The van der Waals surface area contributed by atoms with Crippen LogP contribution in [0.25, 0.3) is 10.8 Å². The molecular formula is C21H29NO2. The first-order chi connectivity index (χ1) is 11.6. The number of likely N-dealkylation sites (tertiary alicyclic amines) is 1. The molecule has 24 heavy (non-hydrogen) atoms. The van der Waals surface area contributed by atoms with Gasteiger partial charge in [-0.25, -0.2) is 0 Å². The Kier molecular flexibility index (Phi) is 5.30. The van der Waals surface area contributed by atoms with E-state index in [1.165, 1.54) is 32.4 Å². The van der Waals surface area contributed by atoms with E-state index >= 15 is 0 Å². The van der Waals surface area contributed by atoms with Crippen LogP contribution in [-0.2, 0) is 0 Å². The molecule has 2 aromatic carbocycles. The molecule has 1 N–H and O–H groups in total. The van der Waals surface area contributed by atoms with E-state index in [4.69, 9.17) is 4.74 Å². The highest BCUT2D eigenvalue weighted by Gasteiger charge is 2.14. The van der Waals surface area contributed by atoms with Crippen molar-refractivity contribution in [2.75, 3.05) is 26.2 Å². The fourth-order valence-corrected chi connectivity index (χ4v) is 3.57. The van der Waals surface area contributed by atoms with E-state index in [1.54, 1.807) is 0 Å². The van der Waals surface area contributed by atoms with E-state index in [2.05, 4.69) is 43.9 Å². The van der Waals surface area contributed by atoms with Crippen LogP contribution in [0.2, 0.25) is 0 Å². The van der Waals surface area contributed by atoms with Gasteiger partial charge in [0.2, 0.25) is 0 Å². The Bertz CT molecular complexity index is 703. The highest BCUT2D eigenvalue weighted by atomic mass is 16.5. The summed E-state index contributed by atoms with van der Waals surface area (Å²) in [6, 6.07) is 8.19. The third-order valence-corrected chi connectivity index (χ3v) is 5.04. The van der Waals surface area contributed by atoms with E-state index in [-0.39, 0.29) is 0 Å². The molecule has 0 bridgehead atoms. The van der Waals surface area contributed by atoms with Crippen LogP contribution in [0, 0.1) is 6.92 Å². The molecule has 3 nitrogen and oxygen atoms in total. The summed E-state index contributed by atoms with van der Waals surface area (Å²) in [5.74, 6) is 1.58. The van der Waals surface area contributed by atoms with Crippen LogP contribution >= 0.6 is 0 Å². The van der Waals surface area contributed by atoms with Crippen LogP contribution in [0.5, 0.6) is 11.5 Å². The maximum Gasteiger partial charge on any atom is 0.130 e. The predicted octanol–water partition coefficient (Wildman–Crippen LogP) is 4.84. The number of benzene rings is 2. The standard InChI is InChI=1S/C21H29NO2/c1-15(2)18-13-17-8-7-16(3)21(19(17)14-20(18)23)24-12-11-22-9-5-4-6-10-22/h7-8,13-15,23H,4-6,9-12H2,1-3H3. The lowest BCUT2D eigenvalue weighted by Crippen LogP contribution is -2.33. The number of phenolic OH excluding ortho intramolecular Hbond substituents is 1. The topological polar surface area (TPSA) is 32.7 Å². The highest BCUT2D eigenvalue weighted by Crippen LogP contribution is 2.36. The van der Waals surface area contributed by atoms with E-state index in [0.717, 1.165) is 34.2 Å². The van der Waals surface area contributed by atoms with Gasteiger partial charge in [0.05, 0.1) is 0 Å². The molecular weight excluding hydrogens is 298 g/mol. The fourth-order valence-electron chi connectivity index (χ4n) is 3.57. The molecule has 2 aromatic rings. The van der Waals surface area contributed by atoms with E-state index in [9.17, 15) is 5.11 Å². The Hall–Kier alpha value is -1.74. The molecule has 0 saturated carbocycles. The third-order valence-electron chi connectivity index (χ3n) is 5.04. The summed E-state index contributed by atoms with van der Waals surface area (Å²) in [6.45, 7) is 10.3. The summed E-state index contributed by atoms with van der Waals surface area (Å²) < 4.78 is 6.16. The fraction of sp³-hybridized carbons (Fsp3) is 0.524. The van der Waals surface area contributed by atoms with Crippen molar-refractivity contribution >= 4 is 10.8 Å². The largest absolute Gasteiger partial charge is 0.508 e. The molecule has 1 aliphatic rings. The maximum atomic E-state index is 10.4. The first-order valence-corrected chi connectivity index (χ1v) is 9.17. The van der Waals surface area contributed by atoms with Gasteiger partial charge in [-0.15, -0.1) is 0 Å². The minimum absolute atomic E-state index is 0.305. The van der Waals surface area contributed by atoms with Gasteiger partial charge in [-0.05, 0) is 67.4 Å². The molecule has 3 heteroatoms. The Morgan fingerprint density at radius 1 is 1.12 bits per heavy atom. The number of aromatic hydroxyl groups is 1. The van der Waals surface area contributed by atoms with Crippen molar-refractivity contribution in [1.82, 2.24) is 4.90 Å². The molecule has 1 fully saturated rings. The van der Waals surface area contributed by atoms with Crippen LogP contribution in [0.3, 0.4) is 0 Å². The Labute approximate surface area is 145 Å². The average molecular weight is 327 g/mol. The summed E-state index contributed by atoms with van der Waals surface area (Å²) in [4.78, 5) is 2.48. The molecule has 0 unspecified atom stereocenters. The van der Waals surface area contributed by atoms with Gasteiger partial charge in [0.1, 0.15) is 18.1 Å². The molecule has 130 valence electrons. The molecule has 0 spiro atoms. The number of rotatable bonds is 5. The minimum atomic E-state index is 0.305. The van der Waals surface area contributed by atoms with Crippen LogP contribution in [0.1, 0.15) is 50.2 Å². The zero-order chi connectivity index (χ0) is 17.1. The zero-order valence-electron chi connectivity index (χ0n) is 15.1. The van der Waals surface area contributed by atoms with Crippen molar-refractivity contribution in [3.05, 3.63) is 35.4 Å². The zero-order valence-corrected chi connectivity index (χ0v) is 15.1. The van der Waals surface area contributed by atoms with Gasteiger partial charge >= 0.3 is 0 Å². The number of fused-ring (bicyclic) bond motifs is 1. The van der Waals surface area contributed by atoms with Crippen molar-refractivity contribution in [1.29, 1.82) is 0 Å². The number of piperidine rings is 1. The van der Waals surface area contributed by atoms with Gasteiger partial charge in [0.15, 0.2) is 0 Å².